The van der Waals surface area contributed by atoms with Crippen molar-refractivity contribution >= 4 is 24.8 Å². The van der Waals surface area contributed by atoms with Crippen LogP contribution in [0.5, 0.6) is 0 Å². The van der Waals surface area contributed by atoms with Gasteiger partial charge in [-0.1, -0.05) is 13.3 Å². The van der Waals surface area contributed by atoms with Crippen LogP contribution in [0.3, 0.4) is 0 Å². The minimum Gasteiger partial charge on any atom is -0.261 e. The summed E-state index contributed by atoms with van der Waals surface area (Å²) in [7, 11) is 1.88. The van der Waals surface area contributed by atoms with Crippen molar-refractivity contribution in [1.29, 1.82) is 0 Å². The summed E-state index contributed by atoms with van der Waals surface area (Å²) < 4.78 is 0. The van der Waals surface area contributed by atoms with Gasteiger partial charge < -0.3 is 0 Å². The van der Waals surface area contributed by atoms with E-state index >= 15 is 0 Å². The fourth-order valence-corrected chi connectivity index (χ4v) is 0.390. The minimum absolute atomic E-state index is 0. The van der Waals surface area contributed by atoms with E-state index in [-0.39, 0.29) is 24.8 Å². The van der Waals surface area contributed by atoms with Crippen LogP contribution in [0, 0.1) is 0 Å². The Morgan fingerprint density at radius 3 is 2.11 bits per heavy atom. The second-order valence-corrected chi connectivity index (χ2v) is 1.53. The number of hydrazine groups is 1. The Bertz CT molecular complexity index is 32.1. The van der Waals surface area contributed by atoms with E-state index in [1.165, 1.54) is 12.8 Å². The van der Waals surface area contributed by atoms with Gasteiger partial charge >= 0.3 is 0 Å². The van der Waals surface area contributed by atoms with Crippen molar-refractivity contribution in [3.05, 3.63) is 0 Å². The van der Waals surface area contributed by atoms with Crippen LogP contribution < -0.4 is 10.9 Å². The molecule has 0 atom stereocenters. The molecule has 0 spiro atoms. The molecule has 60 valence electrons. The maximum atomic E-state index is 3.00. The average Bonchev–Trinajstić information content (AvgIpc) is 1.69. The summed E-state index contributed by atoms with van der Waals surface area (Å²) in [6.07, 6.45) is 2.51. The minimum atomic E-state index is 0. The Kier molecular flexibility index (Phi) is 28.5. The predicted octanol–water partition coefficient (Wildman–Crippen LogP) is 1.35. The Labute approximate surface area is 69.6 Å². The summed E-state index contributed by atoms with van der Waals surface area (Å²) >= 11 is 0. The molecule has 0 rings (SSSR count). The van der Waals surface area contributed by atoms with Crippen molar-refractivity contribution in [2.45, 2.75) is 19.8 Å². The van der Waals surface area contributed by atoms with Crippen LogP contribution in [0.1, 0.15) is 19.8 Å². The zero-order valence-corrected chi connectivity index (χ0v) is 7.57. The van der Waals surface area contributed by atoms with Gasteiger partial charge in [0.1, 0.15) is 0 Å². The molecule has 0 heterocycles. The van der Waals surface area contributed by atoms with Crippen molar-refractivity contribution < 1.29 is 0 Å². The molecule has 9 heavy (non-hydrogen) atoms. The highest BCUT2D eigenvalue weighted by Crippen LogP contribution is 1.79. The van der Waals surface area contributed by atoms with Gasteiger partial charge in [0.2, 0.25) is 0 Å². The highest BCUT2D eigenvalue weighted by atomic mass is 35.5. The fourth-order valence-electron chi connectivity index (χ4n) is 0.390. The van der Waals surface area contributed by atoms with E-state index in [0.717, 1.165) is 6.54 Å². The Morgan fingerprint density at radius 2 is 1.78 bits per heavy atom. The summed E-state index contributed by atoms with van der Waals surface area (Å²) in [4.78, 5) is 0. The number of hydrogen-bond acceptors (Lipinski definition) is 2. The van der Waals surface area contributed by atoms with Crippen molar-refractivity contribution in [2.75, 3.05) is 13.6 Å². The first-order chi connectivity index (χ1) is 3.41. The Hall–Kier alpha value is 0.500. The molecule has 4 heteroatoms. The first-order valence-electron chi connectivity index (χ1n) is 2.81. The van der Waals surface area contributed by atoms with Gasteiger partial charge in [0, 0.05) is 6.54 Å². The van der Waals surface area contributed by atoms with Gasteiger partial charge in [-0.15, -0.1) is 24.8 Å². The Morgan fingerprint density at radius 1 is 1.22 bits per heavy atom. The van der Waals surface area contributed by atoms with Gasteiger partial charge in [0.15, 0.2) is 0 Å². The first-order valence-corrected chi connectivity index (χ1v) is 2.81. The SMILES string of the molecule is CCCCNNC.Cl.Cl. The van der Waals surface area contributed by atoms with E-state index < -0.39 is 0 Å². The summed E-state index contributed by atoms with van der Waals surface area (Å²) in [6.45, 7) is 3.25. The van der Waals surface area contributed by atoms with E-state index in [1.54, 1.807) is 0 Å². The molecule has 0 saturated carbocycles. The summed E-state index contributed by atoms with van der Waals surface area (Å²) in [5.41, 5.74) is 5.85. The summed E-state index contributed by atoms with van der Waals surface area (Å²) in [5, 5.41) is 0. The standard InChI is InChI=1S/C5H14N2.2ClH/c1-3-4-5-7-6-2;;/h6-7H,3-5H2,1-2H3;2*1H. The molecule has 0 aromatic heterocycles. The van der Waals surface area contributed by atoms with Crippen LogP contribution in [-0.4, -0.2) is 13.6 Å². The van der Waals surface area contributed by atoms with Crippen LogP contribution in [0.2, 0.25) is 0 Å². The van der Waals surface area contributed by atoms with Gasteiger partial charge in [0.05, 0.1) is 0 Å². The van der Waals surface area contributed by atoms with Crippen molar-refractivity contribution in [3.63, 3.8) is 0 Å². The van der Waals surface area contributed by atoms with Gasteiger partial charge in [0.25, 0.3) is 0 Å². The number of unbranched alkanes of at least 4 members (excludes halogenated alkanes) is 1. The topological polar surface area (TPSA) is 24.1 Å². The lowest BCUT2D eigenvalue weighted by atomic mass is 10.3. The van der Waals surface area contributed by atoms with Crippen molar-refractivity contribution in [1.82, 2.24) is 10.9 Å². The van der Waals surface area contributed by atoms with E-state index in [2.05, 4.69) is 17.8 Å². The molecule has 0 aromatic carbocycles. The van der Waals surface area contributed by atoms with Crippen molar-refractivity contribution in [2.24, 2.45) is 0 Å². The first kappa shape index (κ1) is 16.2. The highest BCUT2D eigenvalue weighted by Gasteiger charge is 1.76. The summed E-state index contributed by atoms with van der Waals surface area (Å²) in [5.74, 6) is 0. The molecular formula is C5H16Cl2N2. The molecule has 0 aromatic rings. The third kappa shape index (κ3) is 17.7. The molecule has 0 radical (unpaired) electrons. The van der Waals surface area contributed by atoms with Crippen LogP contribution in [0.4, 0.5) is 0 Å². The lowest BCUT2D eigenvalue weighted by molar-refractivity contribution is 0.570. The molecule has 0 unspecified atom stereocenters. The smallest absolute Gasteiger partial charge is 0.00995 e. The Balaban J connectivity index is -0.000000180. The maximum absolute atomic E-state index is 3.00. The molecule has 2 N–H and O–H groups in total. The zero-order valence-electron chi connectivity index (χ0n) is 5.94. The third-order valence-corrected chi connectivity index (χ3v) is 0.832. The number of hydrogen-bond donors (Lipinski definition) is 2. The van der Waals surface area contributed by atoms with Gasteiger partial charge in [-0.3, -0.25) is 10.9 Å². The van der Waals surface area contributed by atoms with Crippen LogP contribution in [0.25, 0.3) is 0 Å². The van der Waals surface area contributed by atoms with Crippen LogP contribution >= 0.6 is 24.8 Å². The number of rotatable bonds is 4. The molecule has 0 saturated heterocycles. The van der Waals surface area contributed by atoms with Crippen molar-refractivity contribution in [3.8, 4) is 0 Å². The van der Waals surface area contributed by atoms with E-state index in [9.17, 15) is 0 Å². The van der Waals surface area contributed by atoms with Crippen LogP contribution in [0.15, 0.2) is 0 Å². The van der Waals surface area contributed by atoms with Gasteiger partial charge in [-0.2, -0.15) is 0 Å². The molecule has 0 bridgehead atoms. The highest BCUT2D eigenvalue weighted by molar-refractivity contribution is 5.85. The zero-order chi connectivity index (χ0) is 5.54. The normalized spacial score (nSPS) is 7.33. The molecule has 0 aliphatic carbocycles. The van der Waals surface area contributed by atoms with Gasteiger partial charge in [-0.25, -0.2) is 0 Å². The molecule has 0 fully saturated rings. The molecular weight excluding hydrogens is 159 g/mol. The quantitative estimate of drug-likeness (QED) is 0.497. The molecule has 0 aliphatic heterocycles. The average molecular weight is 175 g/mol. The van der Waals surface area contributed by atoms with Crippen LogP contribution in [-0.2, 0) is 0 Å². The van der Waals surface area contributed by atoms with Gasteiger partial charge in [-0.05, 0) is 13.5 Å². The lowest BCUT2D eigenvalue weighted by Crippen LogP contribution is -2.28. The van der Waals surface area contributed by atoms with E-state index in [1.807, 2.05) is 7.05 Å². The molecule has 0 amide bonds. The third-order valence-electron chi connectivity index (χ3n) is 0.832. The van der Waals surface area contributed by atoms with E-state index in [0.29, 0.717) is 0 Å². The number of nitrogens with one attached hydrogen (secondary N) is 2. The fraction of sp³-hybridized carbons (Fsp3) is 1.00. The predicted molar refractivity (Wildman–Crippen MR) is 46.5 cm³/mol. The molecule has 0 aliphatic rings. The largest absolute Gasteiger partial charge is 0.261 e. The van der Waals surface area contributed by atoms with E-state index in [4.69, 9.17) is 0 Å². The maximum Gasteiger partial charge on any atom is 0.00995 e. The molecule has 2 nitrogen and oxygen atoms in total. The summed E-state index contributed by atoms with van der Waals surface area (Å²) in [6, 6.07) is 0. The monoisotopic (exact) mass is 174 g/mol. The second kappa shape index (κ2) is 15.8. The lowest BCUT2D eigenvalue weighted by Gasteiger charge is -1.97. The number of halogens is 2. The second-order valence-electron chi connectivity index (χ2n) is 1.53.